The molecule has 0 atom stereocenters. The Morgan fingerprint density at radius 3 is 2.45 bits per heavy atom. The molecule has 0 spiro atoms. The highest BCUT2D eigenvalue weighted by Crippen LogP contribution is 2.22. The lowest BCUT2D eigenvalue weighted by Crippen LogP contribution is -1.91. The zero-order valence-corrected chi connectivity index (χ0v) is 13.2. The third-order valence-electron chi connectivity index (χ3n) is 3.31. The Kier molecular flexibility index (Phi) is 6.17. The summed E-state index contributed by atoms with van der Waals surface area (Å²) in [6.45, 7) is 9.78. The number of rotatable bonds is 5. The standard InChI is InChI=1S/C19H24O/c1-6-7-8-18(12-11-15(3)17(5)20)19-13-14(2)9-10-16(19)4/h7-13H,6H2,1-5H3/b8-7-,15-11+,18-12+. The molecular formula is C19H24O. The monoisotopic (exact) mass is 268 g/mol. The summed E-state index contributed by atoms with van der Waals surface area (Å²) >= 11 is 0. The highest BCUT2D eigenvalue weighted by Gasteiger charge is 2.03. The summed E-state index contributed by atoms with van der Waals surface area (Å²) in [6.07, 6.45) is 9.21. The van der Waals surface area contributed by atoms with Gasteiger partial charge in [0.1, 0.15) is 0 Å². The van der Waals surface area contributed by atoms with Gasteiger partial charge in [-0.3, -0.25) is 4.79 Å². The van der Waals surface area contributed by atoms with E-state index in [9.17, 15) is 4.79 Å². The van der Waals surface area contributed by atoms with Gasteiger partial charge in [-0.1, -0.05) is 55.0 Å². The third-order valence-corrected chi connectivity index (χ3v) is 3.31. The highest BCUT2D eigenvalue weighted by atomic mass is 16.1. The van der Waals surface area contributed by atoms with Crippen LogP contribution in [0.4, 0.5) is 0 Å². The van der Waals surface area contributed by atoms with Gasteiger partial charge in [0.05, 0.1) is 0 Å². The SMILES string of the molecule is CC\C=C/C(=C\C=C(/C)C(C)=O)c1cc(C)ccc1C. The number of allylic oxidation sites excluding steroid dienone is 6. The summed E-state index contributed by atoms with van der Waals surface area (Å²) in [7, 11) is 0. The molecule has 106 valence electrons. The Morgan fingerprint density at radius 1 is 1.15 bits per heavy atom. The van der Waals surface area contributed by atoms with Crippen LogP contribution in [0.15, 0.2) is 48.1 Å². The topological polar surface area (TPSA) is 17.1 Å². The maximum absolute atomic E-state index is 11.3. The minimum Gasteiger partial charge on any atom is -0.295 e. The van der Waals surface area contributed by atoms with Crippen LogP contribution in [-0.4, -0.2) is 5.78 Å². The van der Waals surface area contributed by atoms with Crippen molar-refractivity contribution in [2.45, 2.75) is 41.0 Å². The van der Waals surface area contributed by atoms with Gasteiger partial charge >= 0.3 is 0 Å². The van der Waals surface area contributed by atoms with Gasteiger partial charge < -0.3 is 0 Å². The van der Waals surface area contributed by atoms with Gasteiger partial charge in [-0.15, -0.1) is 0 Å². The molecule has 0 unspecified atom stereocenters. The Labute approximate surface area is 122 Å². The van der Waals surface area contributed by atoms with Gasteiger partial charge in [0.25, 0.3) is 0 Å². The van der Waals surface area contributed by atoms with Crippen LogP contribution in [0.5, 0.6) is 0 Å². The van der Waals surface area contributed by atoms with Gasteiger partial charge in [0.15, 0.2) is 5.78 Å². The number of benzene rings is 1. The van der Waals surface area contributed by atoms with E-state index in [1.807, 2.05) is 19.1 Å². The van der Waals surface area contributed by atoms with E-state index in [4.69, 9.17) is 0 Å². The lowest BCUT2D eigenvalue weighted by Gasteiger charge is -2.08. The second-order valence-electron chi connectivity index (χ2n) is 5.16. The number of Topliss-reactive ketones (excluding diaryl/α,β-unsaturated/α-hetero) is 1. The van der Waals surface area contributed by atoms with Crippen molar-refractivity contribution in [3.05, 3.63) is 64.8 Å². The summed E-state index contributed by atoms with van der Waals surface area (Å²) in [5.41, 5.74) is 5.64. The first-order valence-electron chi connectivity index (χ1n) is 7.09. The first-order valence-corrected chi connectivity index (χ1v) is 7.09. The Balaban J connectivity index is 3.29. The van der Waals surface area contributed by atoms with E-state index >= 15 is 0 Å². The van der Waals surface area contributed by atoms with Crippen molar-refractivity contribution in [2.24, 2.45) is 0 Å². The van der Waals surface area contributed by atoms with Crippen LogP contribution in [0.2, 0.25) is 0 Å². The molecule has 0 saturated carbocycles. The Bertz CT molecular complexity index is 571. The molecule has 0 amide bonds. The van der Waals surface area contributed by atoms with Crippen molar-refractivity contribution in [2.75, 3.05) is 0 Å². The minimum atomic E-state index is 0.112. The van der Waals surface area contributed by atoms with E-state index in [1.54, 1.807) is 6.92 Å². The van der Waals surface area contributed by atoms with Crippen LogP contribution in [0.3, 0.4) is 0 Å². The summed E-state index contributed by atoms with van der Waals surface area (Å²) in [5, 5.41) is 0. The molecule has 0 fully saturated rings. The van der Waals surface area contributed by atoms with Crippen molar-refractivity contribution in [3.63, 3.8) is 0 Å². The summed E-state index contributed by atoms with van der Waals surface area (Å²) in [5.74, 6) is 0.112. The molecule has 0 heterocycles. The molecule has 20 heavy (non-hydrogen) atoms. The van der Waals surface area contributed by atoms with Crippen LogP contribution in [0.25, 0.3) is 5.57 Å². The molecule has 0 N–H and O–H groups in total. The van der Waals surface area contributed by atoms with Gasteiger partial charge in [0.2, 0.25) is 0 Å². The second-order valence-corrected chi connectivity index (χ2v) is 5.16. The molecule has 1 aromatic carbocycles. The van der Waals surface area contributed by atoms with Crippen molar-refractivity contribution >= 4 is 11.4 Å². The van der Waals surface area contributed by atoms with E-state index in [0.29, 0.717) is 0 Å². The number of ketones is 1. The fraction of sp³-hybridized carbons (Fsp3) is 0.316. The number of aryl methyl sites for hydroxylation is 2. The minimum absolute atomic E-state index is 0.112. The maximum atomic E-state index is 11.3. The number of carbonyl (C=O) groups is 1. The molecule has 0 aliphatic rings. The molecule has 1 heteroatoms. The van der Waals surface area contributed by atoms with Crippen LogP contribution in [-0.2, 0) is 4.79 Å². The maximum Gasteiger partial charge on any atom is 0.155 e. The molecule has 0 aliphatic heterocycles. The number of carbonyl (C=O) groups excluding carboxylic acids is 1. The summed E-state index contributed by atoms with van der Waals surface area (Å²) in [4.78, 5) is 11.3. The summed E-state index contributed by atoms with van der Waals surface area (Å²) < 4.78 is 0. The van der Waals surface area contributed by atoms with E-state index in [1.165, 1.54) is 16.7 Å². The van der Waals surface area contributed by atoms with Crippen LogP contribution >= 0.6 is 0 Å². The normalized spacial score (nSPS) is 13.1. The van der Waals surface area contributed by atoms with E-state index < -0.39 is 0 Å². The number of hydrogen-bond acceptors (Lipinski definition) is 1. The van der Waals surface area contributed by atoms with Crippen molar-refractivity contribution in [1.82, 2.24) is 0 Å². The molecule has 0 saturated heterocycles. The average molecular weight is 268 g/mol. The predicted octanol–water partition coefficient (Wildman–Crippen LogP) is 5.19. The molecule has 1 nitrogen and oxygen atoms in total. The Morgan fingerprint density at radius 2 is 1.85 bits per heavy atom. The molecule has 0 aromatic heterocycles. The Hall–Kier alpha value is -1.89. The smallest absolute Gasteiger partial charge is 0.155 e. The third kappa shape index (κ3) is 4.65. The zero-order chi connectivity index (χ0) is 15.1. The van der Waals surface area contributed by atoms with Crippen molar-refractivity contribution in [3.8, 4) is 0 Å². The molecule has 1 rings (SSSR count). The quantitative estimate of drug-likeness (QED) is 0.530. The zero-order valence-electron chi connectivity index (χ0n) is 13.2. The van der Waals surface area contributed by atoms with Crippen LogP contribution in [0.1, 0.15) is 43.9 Å². The molecule has 1 aromatic rings. The van der Waals surface area contributed by atoms with Crippen molar-refractivity contribution < 1.29 is 4.79 Å². The lowest BCUT2D eigenvalue weighted by molar-refractivity contribution is -0.113. The fourth-order valence-electron chi connectivity index (χ4n) is 1.86. The van der Waals surface area contributed by atoms with Crippen molar-refractivity contribution in [1.29, 1.82) is 0 Å². The van der Waals surface area contributed by atoms with Gasteiger partial charge in [-0.2, -0.15) is 0 Å². The van der Waals surface area contributed by atoms with Gasteiger partial charge in [-0.25, -0.2) is 0 Å². The highest BCUT2D eigenvalue weighted by molar-refractivity contribution is 5.93. The van der Waals surface area contributed by atoms with Crippen LogP contribution < -0.4 is 0 Å². The fourth-order valence-corrected chi connectivity index (χ4v) is 1.86. The van der Waals surface area contributed by atoms with Crippen LogP contribution in [0, 0.1) is 13.8 Å². The number of hydrogen-bond donors (Lipinski definition) is 0. The first kappa shape index (κ1) is 16.2. The van der Waals surface area contributed by atoms with E-state index in [0.717, 1.165) is 17.6 Å². The van der Waals surface area contributed by atoms with E-state index in [-0.39, 0.29) is 5.78 Å². The second kappa shape index (κ2) is 7.64. The molecule has 0 radical (unpaired) electrons. The van der Waals surface area contributed by atoms with E-state index in [2.05, 4.69) is 51.1 Å². The molecular weight excluding hydrogens is 244 g/mol. The average Bonchev–Trinajstić information content (AvgIpc) is 2.41. The molecule has 0 bridgehead atoms. The predicted molar refractivity (Wildman–Crippen MR) is 87.8 cm³/mol. The summed E-state index contributed by atoms with van der Waals surface area (Å²) in [6, 6.07) is 6.45. The van der Waals surface area contributed by atoms with Gasteiger partial charge in [0, 0.05) is 0 Å². The molecule has 0 aliphatic carbocycles. The van der Waals surface area contributed by atoms with Gasteiger partial charge in [-0.05, 0) is 56.4 Å². The lowest BCUT2D eigenvalue weighted by atomic mass is 9.97. The first-order chi connectivity index (χ1) is 9.45. The largest absolute Gasteiger partial charge is 0.295 e.